The van der Waals surface area contributed by atoms with E-state index in [1.165, 1.54) is 70.6 Å². The van der Waals surface area contributed by atoms with Gasteiger partial charge in [0.05, 0.1) is 0 Å². The molecule has 15 heteroatoms. The highest BCUT2D eigenvalue weighted by Gasteiger charge is 2.69. The van der Waals surface area contributed by atoms with Crippen LogP contribution in [0.1, 0.15) is 116 Å². The van der Waals surface area contributed by atoms with E-state index in [0.29, 0.717) is 12.8 Å². The summed E-state index contributed by atoms with van der Waals surface area (Å²) in [6.07, 6.45) is 16.5. The fourth-order valence-electron chi connectivity index (χ4n) is 4.10. The predicted octanol–water partition coefficient (Wildman–Crippen LogP) is 9.04. The molecule has 0 aromatic heterocycles. The third-order valence-electron chi connectivity index (χ3n) is 6.14. The molecular weight excluding hydrogens is 653 g/mol. The maximum absolute atomic E-state index is 12.0. The number of unbranched alkanes of at least 4 members (excludes halogenated alkanes) is 15. The Morgan fingerprint density at radius 1 is 0.649 bits per heavy atom. The molecule has 0 radical (unpaired) electrons. The van der Waals surface area contributed by atoms with E-state index in [2.05, 4.69) is 10.6 Å². The Morgan fingerprint density at radius 3 is 1.41 bits per heavy atom. The van der Waals surface area contributed by atoms with Crippen LogP contribution in [0.2, 0.25) is 0 Å². The molecule has 222 valence electrons. The molecule has 2 atom stereocenters. The molecule has 1 saturated heterocycles. The molecule has 0 aromatic carbocycles. The molecule has 0 saturated carbocycles. The highest BCUT2D eigenvalue weighted by molar-refractivity contribution is 7.95. The van der Waals surface area contributed by atoms with Gasteiger partial charge in [-0.3, -0.25) is 0 Å². The zero-order chi connectivity index (χ0) is 28.2. The molecule has 0 spiro atoms. The fraction of sp³-hybridized carbons (Fsp3) is 1.00. The van der Waals surface area contributed by atoms with Crippen LogP contribution in [0.3, 0.4) is 0 Å². The minimum Gasteiger partial charge on any atom is -0.239 e. The van der Waals surface area contributed by atoms with Gasteiger partial charge in [-0.2, -0.15) is 16.8 Å². The van der Waals surface area contributed by atoms with Crippen molar-refractivity contribution in [2.45, 2.75) is 135 Å². The molecule has 0 N–H and O–H groups in total. The zero-order valence-electron chi connectivity index (χ0n) is 21.0. The van der Waals surface area contributed by atoms with E-state index in [4.69, 9.17) is 78.0 Å². The SMILES string of the molecule is CCCCCCCCCCCCCCCCCCC1OS(=O)(=O)OS(=O)(=O)OC1(Cl)C(Cl)(Cl)C(Cl)(Cl)Cl. The third-order valence-corrected chi connectivity index (χ3v) is 11.9. The molecule has 1 rings (SSSR count). The van der Waals surface area contributed by atoms with Crippen LogP contribution in [0, 0.1) is 0 Å². The minimum absolute atomic E-state index is 0.109. The Bertz CT molecular complexity index is 865. The Morgan fingerprint density at radius 2 is 1.03 bits per heavy atom. The van der Waals surface area contributed by atoms with Crippen LogP contribution in [0.15, 0.2) is 0 Å². The van der Waals surface area contributed by atoms with Gasteiger partial charge in [-0.25, -0.2) is 8.37 Å². The molecule has 1 fully saturated rings. The monoisotopic (exact) mass is 688 g/mol. The average molecular weight is 691 g/mol. The predicted molar refractivity (Wildman–Crippen MR) is 152 cm³/mol. The van der Waals surface area contributed by atoms with Crippen molar-refractivity contribution in [1.29, 1.82) is 0 Å². The van der Waals surface area contributed by atoms with Gasteiger partial charge >= 0.3 is 20.8 Å². The number of alkyl halides is 6. The molecule has 1 aliphatic heterocycles. The van der Waals surface area contributed by atoms with Crippen molar-refractivity contribution in [3.63, 3.8) is 0 Å². The summed E-state index contributed by atoms with van der Waals surface area (Å²) < 4.78 is 56.1. The van der Waals surface area contributed by atoms with Crippen LogP contribution in [-0.4, -0.2) is 36.1 Å². The lowest BCUT2D eigenvalue weighted by atomic mass is 10.0. The van der Waals surface area contributed by atoms with Gasteiger partial charge in [0.1, 0.15) is 6.10 Å². The molecule has 0 aromatic rings. The Kier molecular flexibility index (Phi) is 16.6. The second kappa shape index (κ2) is 16.8. The maximum Gasteiger partial charge on any atom is 0.418 e. The van der Waals surface area contributed by atoms with Gasteiger partial charge in [0.2, 0.25) is 13.2 Å². The van der Waals surface area contributed by atoms with Gasteiger partial charge in [0.15, 0.2) is 0 Å². The van der Waals surface area contributed by atoms with E-state index in [9.17, 15) is 16.8 Å². The summed E-state index contributed by atoms with van der Waals surface area (Å²) in [4.78, 5) is 0. The summed E-state index contributed by atoms with van der Waals surface area (Å²) >= 11 is 35.9. The summed E-state index contributed by atoms with van der Waals surface area (Å²) in [6.45, 7) is 2.23. The second-order valence-electron chi connectivity index (χ2n) is 9.36. The van der Waals surface area contributed by atoms with Crippen LogP contribution >= 0.6 is 69.6 Å². The standard InChI is InChI=1S/C22H38Cl6O7S2/c1-2-3-4-5-6-7-8-9-10-11-12-13-14-15-16-17-18-19-20(23,21(24,25)22(26,27)28)34-37(31,32)35-36(29,30)33-19/h19H,2-18H2,1H3. The Hall–Kier alpha value is 1.52. The van der Waals surface area contributed by atoms with Crippen molar-refractivity contribution >= 4 is 90.4 Å². The van der Waals surface area contributed by atoms with Gasteiger partial charge in [-0.1, -0.05) is 179 Å². The fourth-order valence-corrected chi connectivity index (χ4v) is 7.76. The largest absolute Gasteiger partial charge is 0.418 e. The van der Waals surface area contributed by atoms with Crippen LogP contribution in [0.5, 0.6) is 0 Å². The number of halogens is 6. The minimum atomic E-state index is -5.26. The van der Waals surface area contributed by atoms with E-state index in [1.807, 2.05) is 0 Å². The molecular formula is C22H38Cl6O7S2. The molecule has 37 heavy (non-hydrogen) atoms. The number of hydrogen-bond acceptors (Lipinski definition) is 7. The molecule has 0 amide bonds. The van der Waals surface area contributed by atoms with Crippen molar-refractivity contribution in [2.24, 2.45) is 0 Å². The number of hydrogen-bond donors (Lipinski definition) is 0. The van der Waals surface area contributed by atoms with Crippen molar-refractivity contribution in [3.05, 3.63) is 0 Å². The quantitative estimate of drug-likeness (QED) is 0.105. The third kappa shape index (κ3) is 12.9. The Labute approximate surface area is 253 Å². The lowest BCUT2D eigenvalue weighted by Gasteiger charge is -2.42. The first-order valence-corrected chi connectivity index (χ1v) is 17.7. The first-order valence-electron chi connectivity index (χ1n) is 12.8. The van der Waals surface area contributed by atoms with E-state index in [0.717, 1.165) is 19.3 Å². The van der Waals surface area contributed by atoms with Gasteiger partial charge < -0.3 is 0 Å². The molecule has 1 aliphatic rings. The van der Waals surface area contributed by atoms with Crippen LogP contribution in [0.25, 0.3) is 0 Å². The summed E-state index contributed by atoms with van der Waals surface area (Å²) in [5, 5.41) is -2.82. The van der Waals surface area contributed by atoms with Gasteiger partial charge in [0, 0.05) is 0 Å². The van der Waals surface area contributed by atoms with Crippen molar-refractivity contribution < 1.29 is 28.8 Å². The van der Waals surface area contributed by atoms with E-state index in [-0.39, 0.29) is 6.42 Å². The van der Waals surface area contributed by atoms with E-state index >= 15 is 0 Å². The van der Waals surface area contributed by atoms with E-state index in [1.54, 1.807) is 0 Å². The average Bonchev–Trinajstić information content (AvgIpc) is 2.82. The van der Waals surface area contributed by atoms with Crippen molar-refractivity contribution in [2.75, 3.05) is 0 Å². The molecule has 1 heterocycles. The first kappa shape index (κ1) is 36.5. The molecule has 0 aliphatic carbocycles. The maximum atomic E-state index is 12.0. The Balaban J connectivity index is 2.42. The topological polar surface area (TPSA) is 96.0 Å². The molecule has 2 unspecified atom stereocenters. The van der Waals surface area contributed by atoms with E-state index < -0.39 is 40.1 Å². The summed E-state index contributed by atoms with van der Waals surface area (Å²) in [7, 11) is -10.3. The summed E-state index contributed by atoms with van der Waals surface area (Å²) in [5.74, 6) is 0. The van der Waals surface area contributed by atoms with Gasteiger partial charge in [-0.05, 0) is 6.42 Å². The number of rotatable bonds is 18. The smallest absolute Gasteiger partial charge is 0.239 e. The second-order valence-corrected chi connectivity index (χ2v) is 16.1. The molecule has 0 bridgehead atoms. The van der Waals surface area contributed by atoms with Gasteiger partial charge in [0.25, 0.3) is 0 Å². The first-order chi connectivity index (χ1) is 17.1. The lowest BCUT2D eigenvalue weighted by molar-refractivity contribution is 0.0188. The zero-order valence-corrected chi connectivity index (χ0v) is 27.2. The van der Waals surface area contributed by atoms with Crippen LogP contribution in [-0.2, 0) is 32.8 Å². The van der Waals surface area contributed by atoms with Crippen molar-refractivity contribution in [1.82, 2.24) is 0 Å². The summed E-state index contributed by atoms with van der Waals surface area (Å²) in [6, 6.07) is 0. The van der Waals surface area contributed by atoms with Crippen molar-refractivity contribution in [3.8, 4) is 0 Å². The van der Waals surface area contributed by atoms with Crippen LogP contribution < -0.4 is 0 Å². The summed E-state index contributed by atoms with van der Waals surface area (Å²) in [5.41, 5.74) is 0. The van der Waals surface area contributed by atoms with Crippen LogP contribution in [0.4, 0.5) is 0 Å². The highest BCUT2D eigenvalue weighted by atomic mass is 35.6. The highest BCUT2D eigenvalue weighted by Crippen LogP contribution is 2.58. The van der Waals surface area contributed by atoms with Gasteiger partial charge in [-0.15, -0.1) is 3.63 Å². The molecule has 7 nitrogen and oxygen atoms in total. The lowest BCUT2D eigenvalue weighted by Crippen LogP contribution is -2.59. The normalized spacial score (nSPS) is 24.1.